The number of rotatable bonds is 3. The predicted octanol–water partition coefficient (Wildman–Crippen LogP) is 2.39. The van der Waals surface area contributed by atoms with E-state index in [0.29, 0.717) is 0 Å². The molecule has 0 saturated heterocycles. The van der Waals surface area contributed by atoms with Crippen molar-refractivity contribution in [1.82, 2.24) is 10.4 Å². The number of hydrogen-bond donors (Lipinski definition) is 1. The average molecular weight is 232 g/mol. The van der Waals surface area contributed by atoms with E-state index in [0.717, 1.165) is 5.70 Å². The van der Waals surface area contributed by atoms with Gasteiger partial charge in [0.1, 0.15) is 5.54 Å². The Morgan fingerprint density at radius 1 is 1.29 bits per heavy atom. The molecule has 17 heavy (non-hydrogen) atoms. The van der Waals surface area contributed by atoms with Crippen molar-refractivity contribution >= 4 is 5.78 Å². The third-order valence-corrected chi connectivity index (χ3v) is 3.42. The second-order valence-corrected chi connectivity index (χ2v) is 5.29. The van der Waals surface area contributed by atoms with Crippen LogP contribution in [0.5, 0.6) is 0 Å². The first-order valence-electron chi connectivity index (χ1n) is 6.16. The average Bonchev–Trinajstić information content (AvgIpc) is 2.68. The SMILES string of the molecule is CC(C)C(=O)C1(C(C)C)C=C2C=CC=CN2N1. The molecule has 0 aromatic carbocycles. The maximum absolute atomic E-state index is 12.5. The summed E-state index contributed by atoms with van der Waals surface area (Å²) in [6.07, 6.45) is 9.97. The summed E-state index contributed by atoms with van der Waals surface area (Å²) in [5.41, 5.74) is 3.82. The predicted molar refractivity (Wildman–Crippen MR) is 68.8 cm³/mol. The first-order valence-corrected chi connectivity index (χ1v) is 6.16. The van der Waals surface area contributed by atoms with E-state index in [4.69, 9.17) is 0 Å². The molecule has 2 aliphatic heterocycles. The van der Waals surface area contributed by atoms with Crippen molar-refractivity contribution in [2.75, 3.05) is 0 Å². The summed E-state index contributed by atoms with van der Waals surface area (Å²) in [5, 5.41) is 1.93. The van der Waals surface area contributed by atoms with Crippen LogP contribution in [0.1, 0.15) is 27.7 Å². The molecule has 1 unspecified atom stereocenters. The summed E-state index contributed by atoms with van der Waals surface area (Å²) in [5.74, 6) is 0.490. The van der Waals surface area contributed by atoms with Gasteiger partial charge < -0.3 is 0 Å². The minimum atomic E-state index is -0.567. The molecule has 1 N–H and O–H groups in total. The van der Waals surface area contributed by atoms with Crippen LogP contribution in [0.25, 0.3) is 0 Å². The van der Waals surface area contributed by atoms with Crippen LogP contribution in [0.15, 0.2) is 36.2 Å². The first kappa shape index (κ1) is 12.1. The quantitative estimate of drug-likeness (QED) is 0.811. The van der Waals surface area contributed by atoms with Crippen molar-refractivity contribution in [3.63, 3.8) is 0 Å². The fourth-order valence-corrected chi connectivity index (χ4v) is 2.32. The van der Waals surface area contributed by atoms with Gasteiger partial charge in [0.25, 0.3) is 0 Å². The van der Waals surface area contributed by atoms with E-state index in [1.807, 2.05) is 43.3 Å². The zero-order valence-electron chi connectivity index (χ0n) is 10.9. The van der Waals surface area contributed by atoms with Crippen molar-refractivity contribution in [3.8, 4) is 0 Å². The Bertz CT molecular complexity index is 418. The number of carbonyl (C=O) groups is 1. The molecular formula is C14H20N2O. The van der Waals surface area contributed by atoms with Crippen LogP contribution >= 0.6 is 0 Å². The Morgan fingerprint density at radius 2 is 2.00 bits per heavy atom. The van der Waals surface area contributed by atoms with Crippen LogP contribution in [-0.2, 0) is 4.79 Å². The number of Topliss-reactive ketones (excluding diaryl/α,β-unsaturated/α-hetero) is 1. The molecule has 0 bridgehead atoms. The summed E-state index contributed by atoms with van der Waals surface area (Å²) in [6, 6.07) is 0. The molecule has 0 aliphatic carbocycles. The van der Waals surface area contributed by atoms with Gasteiger partial charge in [-0.1, -0.05) is 33.8 Å². The first-order chi connectivity index (χ1) is 7.97. The van der Waals surface area contributed by atoms with Crippen LogP contribution in [0.3, 0.4) is 0 Å². The van der Waals surface area contributed by atoms with Crippen molar-refractivity contribution in [1.29, 1.82) is 0 Å². The number of fused-ring (bicyclic) bond motifs is 1. The molecule has 2 heterocycles. The molecule has 0 fully saturated rings. The molecule has 0 saturated carbocycles. The van der Waals surface area contributed by atoms with E-state index in [1.165, 1.54) is 0 Å². The second-order valence-electron chi connectivity index (χ2n) is 5.29. The van der Waals surface area contributed by atoms with Gasteiger partial charge in [0.15, 0.2) is 5.78 Å². The highest BCUT2D eigenvalue weighted by Crippen LogP contribution is 2.33. The lowest BCUT2D eigenvalue weighted by Crippen LogP contribution is -2.56. The van der Waals surface area contributed by atoms with E-state index in [1.54, 1.807) is 0 Å². The topological polar surface area (TPSA) is 32.3 Å². The number of hydrogen-bond acceptors (Lipinski definition) is 3. The number of allylic oxidation sites excluding steroid dienone is 3. The Morgan fingerprint density at radius 3 is 2.53 bits per heavy atom. The molecule has 92 valence electrons. The van der Waals surface area contributed by atoms with Crippen LogP contribution in [0.4, 0.5) is 0 Å². The van der Waals surface area contributed by atoms with Crippen LogP contribution in [0, 0.1) is 11.8 Å². The van der Waals surface area contributed by atoms with E-state index >= 15 is 0 Å². The van der Waals surface area contributed by atoms with Crippen LogP contribution in [0.2, 0.25) is 0 Å². The van der Waals surface area contributed by atoms with Gasteiger partial charge in [-0.15, -0.1) is 0 Å². The Hall–Kier alpha value is -1.35. The maximum Gasteiger partial charge on any atom is 0.161 e. The van der Waals surface area contributed by atoms with E-state index < -0.39 is 5.54 Å². The molecule has 0 aromatic rings. The lowest BCUT2D eigenvalue weighted by atomic mass is 9.79. The standard InChI is InChI=1S/C14H20N2O/c1-10(2)13(17)14(11(3)4)9-12-7-5-6-8-16(12)15-14/h5-11,15H,1-4H3. The minimum Gasteiger partial charge on any atom is -0.297 e. The molecule has 3 heteroatoms. The summed E-state index contributed by atoms with van der Waals surface area (Å²) in [6.45, 7) is 8.07. The second kappa shape index (κ2) is 4.15. The summed E-state index contributed by atoms with van der Waals surface area (Å²) < 4.78 is 0. The van der Waals surface area contributed by atoms with Crippen LogP contribution in [-0.4, -0.2) is 16.3 Å². The molecule has 3 nitrogen and oxygen atoms in total. The Balaban J connectivity index is 2.40. The normalized spacial score (nSPS) is 26.7. The number of hydrazine groups is 1. The molecule has 2 rings (SSSR count). The number of carbonyl (C=O) groups excluding carboxylic acids is 1. The van der Waals surface area contributed by atoms with E-state index in [-0.39, 0.29) is 17.6 Å². The Kier molecular flexibility index (Phi) is 2.96. The zero-order valence-corrected chi connectivity index (χ0v) is 10.9. The smallest absolute Gasteiger partial charge is 0.161 e. The van der Waals surface area contributed by atoms with E-state index in [9.17, 15) is 4.79 Å². The van der Waals surface area contributed by atoms with Crippen LogP contribution < -0.4 is 5.43 Å². The number of nitrogens with one attached hydrogen (secondary N) is 1. The fourth-order valence-electron chi connectivity index (χ4n) is 2.32. The third-order valence-electron chi connectivity index (χ3n) is 3.42. The highest BCUT2D eigenvalue weighted by molar-refractivity contribution is 5.93. The third kappa shape index (κ3) is 1.84. The van der Waals surface area contributed by atoms with Crippen molar-refractivity contribution < 1.29 is 4.79 Å². The minimum absolute atomic E-state index is 0.0241. The summed E-state index contributed by atoms with van der Waals surface area (Å²) >= 11 is 0. The lowest BCUT2D eigenvalue weighted by Gasteiger charge is -2.34. The van der Waals surface area contributed by atoms with Gasteiger partial charge in [0, 0.05) is 12.1 Å². The molecule has 2 aliphatic rings. The molecule has 0 amide bonds. The maximum atomic E-state index is 12.5. The number of nitrogens with zero attached hydrogens (tertiary/aromatic N) is 1. The van der Waals surface area contributed by atoms with Crippen molar-refractivity contribution in [3.05, 3.63) is 36.2 Å². The molecule has 1 atom stereocenters. The Labute approximate surface area is 103 Å². The molecule has 0 radical (unpaired) electrons. The van der Waals surface area contributed by atoms with Gasteiger partial charge in [0.2, 0.25) is 0 Å². The van der Waals surface area contributed by atoms with Gasteiger partial charge in [0.05, 0.1) is 5.70 Å². The van der Waals surface area contributed by atoms with Crippen molar-refractivity contribution in [2.45, 2.75) is 33.2 Å². The highest BCUT2D eigenvalue weighted by atomic mass is 16.1. The molecule has 0 aromatic heterocycles. The largest absolute Gasteiger partial charge is 0.297 e. The van der Waals surface area contributed by atoms with Gasteiger partial charge in [-0.25, -0.2) is 5.43 Å². The van der Waals surface area contributed by atoms with Gasteiger partial charge in [-0.05, 0) is 24.1 Å². The monoisotopic (exact) mass is 232 g/mol. The highest BCUT2D eigenvalue weighted by Gasteiger charge is 2.45. The number of ketones is 1. The van der Waals surface area contributed by atoms with Gasteiger partial charge in [-0.3, -0.25) is 9.80 Å². The molecular weight excluding hydrogens is 212 g/mol. The fraction of sp³-hybridized carbons (Fsp3) is 0.500. The lowest BCUT2D eigenvalue weighted by molar-refractivity contribution is -0.129. The van der Waals surface area contributed by atoms with E-state index in [2.05, 4.69) is 25.3 Å². The van der Waals surface area contributed by atoms with Crippen molar-refractivity contribution in [2.24, 2.45) is 11.8 Å². The summed E-state index contributed by atoms with van der Waals surface area (Å²) in [7, 11) is 0. The zero-order chi connectivity index (χ0) is 12.6. The van der Waals surface area contributed by atoms with Gasteiger partial charge >= 0.3 is 0 Å². The molecule has 0 spiro atoms. The van der Waals surface area contributed by atoms with Gasteiger partial charge in [-0.2, -0.15) is 0 Å². The summed E-state index contributed by atoms with van der Waals surface area (Å²) in [4.78, 5) is 12.5.